The Hall–Kier alpha value is -1.03. The normalized spacial score (nSPS) is 18.4. The maximum atomic E-state index is 11.8. The monoisotopic (exact) mass is 269 g/mol. The number of aryl methyl sites for hydroxylation is 1. The topological polar surface area (TPSA) is 46.9 Å². The Balaban J connectivity index is 1.92. The molecule has 0 spiro atoms. The first-order chi connectivity index (χ1) is 8.72. The van der Waals surface area contributed by atoms with E-state index in [0.717, 1.165) is 32.1 Å². The zero-order valence-electron chi connectivity index (χ0n) is 10.8. The van der Waals surface area contributed by atoms with Crippen LogP contribution in [-0.4, -0.2) is 21.6 Å². The largest absolute Gasteiger partial charge is 0.349 e. The molecular formula is C13H20ClN3O. The van der Waals surface area contributed by atoms with Gasteiger partial charge in [0, 0.05) is 30.6 Å². The van der Waals surface area contributed by atoms with Gasteiger partial charge in [0.25, 0.3) is 0 Å². The van der Waals surface area contributed by atoms with Crippen LogP contribution >= 0.6 is 11.6 Å². The van der Waals surface area contributed by atoms with Crippen LogP contribution in [0.3, 0.4) is 0 Å². The first-order valence-corrected chi connectivity index (χ1v) is 7.12. The molecule has 0 fully saturated rings. The van der Waals surface area contributed by atoms with Crippen LogP contribution in [0.2, 0.25) is 0 Å². The van der Waals surface area contributed by atoms with Gasteiger partial charge in [-0.3, -0.25) is 9.48 Å². The smallest absolute Gasteiger partial charge is 0.220 e. The number of nitrogens with zero attached hydrogens (tertiary/aromatic N) is 2. The lowest BCUT2D eigenvalue weighted by Gasteiger charge is -2.23. The molecule has 5 heteroatoms. The molecule has 1 unspecified atom stereocenters. The van der Waals surface area contributed by atoms with Gasteiger partial charge in [0.15, 0.2) is 0 Å². The first kappa shape index (κ1) is 13.4. The van der Waals surface area contributed by atoms with E-state index in [1.54, 1.807) is 0 Å². The maximum Gasteiger partial charge on any atom is 0.220 e. The Morgan fingerprint density at radius 2 is 2.44 bits per heavy atom. The van der Waals surface area contributed by atoms with Crippen molar-refractivity contribution in [2.75, 3.05) is 5.88 Å². The van der Waals surface area contributed by atoms with Crippen LogP contribution in [0.25, 0.3) is 0 Å². The van der Waals surface area contributed by atoms with Crippen LogP contribution in [0.4, 0.5) is 0 Å². The van der Waals surface area contributed by atoms with Gasteiger partial charge in [0.1, 0.15) is 0 Å². The van der Waals surface area contributed by atoms with E-state index in [1.807, 2.05) is 17.9 Å². The molecule has 1 heterocycles. The fourth-order valence-electron chi connectivity index (χ4n) is 2.50. The highest BCUT2D eigenvalue weighted by atomic mass is 35.5. The molecule has 18 heavy (non-hydrogen) atoms. The average molecular weight is 270 g/mol. The number of carbonyl (C=O) groups excluding carboxylic acids is 1. The third kappa shape index (κ3) is 3.05. The predicted octanol–water partition coefficient (Wildman–Crippen LogP) is 2.32. The zero-order valence-corrected chi connectivity index (χ0v) is 11.5. The molecule has 0 aromatic carbocycles. The fraction of sp³-hybridized carbons (Fsp3) is 0.692. The molecule has 1 aromatic rings. The fourth-order valence-corrected chi connectivity index (χ4v) is 2.69. The first-order valence-electron chi connectivity index (χ1n) is 6.58. The van der Waals surface area contributed by atoms with Crippen LogP contribution in [0, 0.1) is 0 Å². The number of hydrogen-bond acceptors (Lipinski definition) is 2. The molecule has 1 aliphatic carbocycles. The highest BCUT2D eigenvalue weighted by molar-refractivity contribution is 6.17. The van der Waals surface area contributed by atoms with Crippen molar-refractivity contribution in [3.8, 4) is 0 Å². The maximum absolute atomic E-state index is 11.8. The van der Waals surface area contributed by atoms with Gasteiger partial charge in [-0.25, -0.2) is 0 Å². The van der Waals surface area contributed by atoms with E-state index < -0.39 is 0 Å². The molecule has 2 rings (SSSR count). The number of hydrogen-bond donors (Lipinski definition) is 1. The molecule has 0 saturated heterocycles. The van der Waals surface area contributed by atoms with Crippen molar-refractivity contribution in [3.05, 3.63) is 17.5 Å². The minimum absolute atomic E-state index is 0.127. The van der Waals surface area contributed by atoms with E-state index in [2.05, 4.69) is 10.4 Å². The minimum Gasteiger partial charge on any atom is -0.349 e. The van der Waals surface area contributed by atoms with Gasteiger partial charge >= 0.3 is 0 Å². The van der Waals surface area contributed by atoms with Crippen molar-refractivity contribution >= 4 is 17.5 Å². The van der Waals surface area contributed by atoms with Gasteiger partial charge in [0.2, 0.25) is 5.91 Å². The summed E-state index contributed by atoms with van der Waals surface area (Å²) < 4.78 is 1.92. The third-order valence-corrected chi connectivity index (χ3v) is 3.77. The van der Waals surface area contributed by atoms with Crippen molar-refractivity contribution in [2.45, 2.75) is 44.6 Å². The van der Waals surface area contributed by atoms with Gasteiger partial charge in [-0.05, 0) is 32.1 Å². The summed E-state index contributed by atoms with van der Waals surface area (Å²) in [6.07, 6.45) is 7.40. The highest BCUT2D eigenvalue weighted by Gasteiger charge is 2.24. The van der Waals surface area contributed by atoms with Crippen molar-refractivity contribution in [1.29, 1.82) is 0 Å². The van der Waals surface area contributed by atoms with Crippen molar-refractivity contribution < 1.29 is 4.79 Å². The number of fused-ring (bicyclic) bond motifs is 1. The summed E-state index contributed by atoms with van der Waals surface area (Å²) in [6.45, 7) is 0. The van der Waals surface area contributed by atoms with E-state index in [0.29, 0.717) is 12.3 Å². The molecule has 0 radical (unpaired) electrons. The van der Waals surface area contributed by atoms with Gasteiger partial charge in [-0.1, -0.05) is 0 Å². The summed E-state index contributed by atoms with van der Waals surface area (Å²) in [5, 5.41) is 7.39. The summed E-state index contributed by atoms with van der Waals surface area (Å²) in [5.41, 5.74) is 2.45. The number of alkyl halides is 1. The predicted molar refractivity (Wildman–Crippen MR) is 71.6 cm³/mol. The summed E-state index contributed by atoms with van der Waals surface area (Å²) >= 11 is 5.60. The minimum atomic E-state index is 0.127. The Morgan fingerprint density at radius 1 is 1.61 bits per heavy atom. The molecule has 0 saturated carbocycles. The summed E-state index contributed by atoms with van der Waals surface area (Å²) in [6, 6.07) is 0.144. The van der Waals surface area contributed by atoms with E-state index >= 15 is 0 Å². The Bertz CT molecular complexity index is 416. The van der Waals surface area contributed by atoms with E-state index in [-0.39, 0.29) is 11.9 Å². The Labute approximate surface area is 113 Å². The number of carbonyl (C=O) groups is 1. The molecule has 1 aliphatic rings. The number of halogens is 1. The molecule has 0 aliphatic heterocycles. The number of amides is 1. The summed E-state index contributed by atoms with van der Waals surface area (Å²) in [4.78, 5) is 11.8. The third-order valence-electron chi connectivity index (χ3n) is 3.50. The second-order valence-corrected chi connectivity index (χ2v) is 5.21. The number of unbranched alkanes of at least 4 members (excludes halogenated alkanes) is 1. The Kier molecular flexibility index (Phi) is 4.64. The lowest BCUT2D eigenvalue weighted by atomic mass is 9.93. The molecule has 1 atom stereocenters. The lowest BCUT2D eigenvalue weighted by Crippen LogP contribution is -2.30. The van der Waals surface area contributed by atoms with Gasteiger partial charge in [-0.2, -0.15) is 5.10 Å². The lowest BCUT2D eigenvalue weighted by molar-refractivity contribution is -0.122. The van der Waals surface area contributed by atoms with Crippen LogP contribution in [0.1, 0.15) is 49.4 Å². The number of aromatic nitrogens is 2. The molecular weight excluding hydrogens is 250 g/mol. The molecule has 1 amide bonds. The van der Waals surface area contributed by atoms with Gasteiger partial charge in [0.05, 0.1) is 12.2 Å². The summed E-state index contributed by atoms with van der Waals surface area (Å²) in [7, 11) is 1.96. The molecule has 100 valence electrons. The van der Waals surface area contributed by atoms with Crippen LogP contribution in [-0.2, 0) is 18.3 Å². The van der Waals surface area contributed by atoms with Crippen LogP contribution in [0.5, 0.6) is 0 Å². The van der Waals surface area contributed by atoms with Crippen LogP contribution in [0.15, 0.2) is 6.20 Å². The Morgan fingerprint density at radius 3 is 3.22 bits per heavy atom. The highest BCUT2D eigenvalue weighted by Crippen LogP contribution is 2.29. The number of nitrogens with one attached hydrogen (secondary N) is 1. The standard InChI is InChI=1S/C13H20ClN3O/c1-17-12-6-4-5-11(10(12)9-15-17)16-13(18)7-2-3-8-14/h9,11H,2-8H2,1H3,(H,16,18). The van der Waals surface area contributed by atoms with Crippen molar-refractivity contribution in [2.24, 2.45) is 7.05 Å². The molecule has 0 bridgehead atoms. The quantitative estimate of drug-likeness (QED) is 0.659. The molecule has 1 N–H and O–H groups in total. The molecule has 4 nitrogen and oxygen atoms in total. The molecule has 1 aromatic heterocycles. The van der Waals surface area contributed by atoms with Crippen molar-refractivity contribution in [3.63, 3.8) is 0 Å². The van der Waals surface area contributed by atoms with E-state index in [9.17, 15) is 4.79 Å². The second kappa shape index (κ2) is 6.23. The van der Waals surface area contributed by atoms with E-state index in [1.165, 1.54) is 11.3 Å². The van der Waals surface area contributed by atoms with Crippen LogP contribution < -0.4 is 5.32 Å². The number of rotatable bonds is 5. The summed E-state index contributed by atoms with van der Waals surface area (Å²) in [5.74, 6) is 0.755. The average Bonchev–Trinajstić information content (AvgIpc) is 2.73. The second-order valence-electron chi connectivity index (χ2n) is 4.83. The van der Waals surface area contributed by atoms with Gasteiger partial charge in [-0.15, -0.1) is 11.6 Å². The SMILES string of the molecule is Cn1ncc2c1CCCC2NC(=O)CCCCCl. The van der Waals surface area contributed by atoms with Gasteiger partial charge < -0.3 is 5.32 Å². The zero-order chi connectivity index (χ0) is 13.0. The van der Waals surface area contributed by atoms with E-state index in [4.69, 9.17) is 11.6 Å². The van der Waals surface area contributed by atoms with Crippen molar-refractivity contribution in [1.82, 2.24) is 15.1 Å².